The lowest BCUT2D eigenvalue weighted by Gasteiger charge is -2.31. The number of rotatable bonds is 3. The summed E-state index contributed by atoms with van der Waals surface area (Å²) in [5, 5.41) is 4.68. The second-order valence-corrected chi connectivity index (χ2v) is 5.93. The molecule has 1 aliphatic heterocycles. The molecule has 0 saturated carbocycles. The first-order valence-corrected chi connectivity index (χ1v) is 7.92. The van der Waals surface area contributed by atoms with Gasteiger partial charge in [0.25, 0.3) is 5.91 Å². The average molecular weight is 320 g/mol. The lowest BCUT2D eigenvalue weighted by atomic mass is 9.96. The van der Waals surface area contributed by atoms with Gasteiger partial charge in [0.05, 0.1) is 0 Å². The van der Waals surface area contributed by atoms with E-state index in [9.17, 15) is 4.79 Å². The van der Waals surface area contributed by atoms with Crippen molar-refractivity contribution < 1.29 is 9.32 Å². The molecule has 0 spiro atoms. The van der Waals surface area contributed by atoms with Gasteiger partial charge in [-0.05, 0) is 37.1 Å². The van der Waals surface area contributed by atoms with Crippen LogP contribution >= 0.6 is 11.6 Å². The Morgan fingerprint density at radius 1 is 1.41 bits per heavy atom. The first kappa shape index (κ1) is 15.0. The van der Waals surface area contributed by atoms with Gasteiger partial charge in [-0.1, -0.05) is 23.7 Å². The number of aromatic nitrogens is 2. The predicted molar refractivity (Wildman–Crippen MR) is 83.0 cm³/mol. The van der Waals surface area contributed by atoms with Gasteiger partial charge >= 0.3 is 0 Å². The minimum absolute atomic E-state index is 0.0283. The van der Waals surface area contributed by atoms with Crippen molar-refractivity contribution in [1.29, 1.82) is 0 Å². The Balaban J connectivity index is 1.72. The number of likely N-dealkylation sites (tertiary alicyclic amines) is 1. The van der Waals surface area contributed by atoms with Gasteiger partial charge in [0.1, 0.15) is 0 Å². The molecule has 6 heteroatoms. The number of piperidine rings is 1. The molecule has 1 unspecified atom stereocenters. The van der Waals surface area contributed by atoms with E-state index in [1.54, 1.807) is 24.3 Å². The van der Waals surface area contributed by atoms with E-state index >= 15 is 0 Å². The molecule has 116 valence electrons. The summed E-state index contributed by atoms with van der Waals surface area (Å²) in [6, 6.07) is 7.00. The van der Waals surface area contributed by atoms with Gasteiger partial charge in [0.15, 0.2) is 5.82 Å². The number of nitrogens with zero attached hydrogens (tertiary/aromatic N) is 3. The molecule has 3 rings (SSSR count). The Hall–Kier alpha value is -1.88. The van der Waals surface area contributed by atoms with E-state index < -0.39 is 0 Å². The molecule has 1 aliphatic rings. The summed E-state index contributed by atoms with van der Waals surface area (Å²) < 4.78 is 5.18. The maximum atomic E-state index is 12.6. The van der Waals surface area contributed by atoms with E-state index in [0.29, 0.717) is 28.8 Å². The third-order valence-corrected chi connectivity index (χ3v) is 4.20. The van der Waals surface area contributed by atoms with E-state index in [-0.39, 0.29) is 11.8 Å². The maximum absolute atomic E-state index is 12.6. The van der Waals surface area contributed by atoms with Crippen LogP contribution in [0.4, 0.5) is 0 Å². The van der Waals surface area contributed by atoms with Crippen LogP contribution < -0.4 is 0 Å². The molecule has 1 saturated heterocycles. The van der Waals surface area contributed by atoms with Crippen LogP contribution in [0.3, 0.4) is 0 Å². The zero-order valence-electron chi connectivity index (χ0n) is 12.5. The van der Waals surface area contributed by atoms with Crippen LogP contribution in [0.15, 0.2) is 28.8 Å². The van der Waals surface area contributed by atoms with Gasteiger partial charge in [-0.15, -0.1) is 0 Å². The molecule has 2 aromatic rings. The zero-order valence-corrected chi connectivity index (χ0v) is 13.2. The van der Waals surface area contributed by atoms with Gasteiger partial charge in [0, 0.05) is 36.0 Å². The standard InChI is InChI=1S/C16H18ClN3O2/c1-2-14-18-15(19-22-14)12-4-3-9-20(10-12)16(21)11-5-7-13(17)8-6-11/h5-8,12H,2-4,9-10H2,1H3. The predicted octanol–water partition coefficient (Wildman–Crippen LogP) is 3.31. The average Bonchev–Trinajstić information content (AvgIpc) is 3.04. The number of halogens is 1. The number of carbonyl (C=O) groups is 1. The van der Waals surface area contributed by atoms with Gasteiger partial charge in [0.2, 0.25) is 5.89 Å². The fraction of sp³-hybridized carbons (Fsp3) is 0.438. The van der Waals surface area contributed by atoms with Gasteiger partial charge < -0.3 is 9.42 Å². The van der Waals surface area contributed by atoms with Gasteiger partial charge in [-0.3, -0.25) is 4.79 Å². The topological polar surface area (TPSA) is 59.2 Å². The Labute approximate surface area is 134 Å². The molecule has 1 amide bonds. The normalized spacial score (nSPS) is 18.5. The number of aryl methyl sites for hydroxylation is 1. The Kier molecular flexibility index (Phi) is 4.43. The van der Waals surface area contributed by atoms with E-state index in [0.717, 1.165) is 25.8 Å². The second-order valence-electron chi connectivity index (χ2n) is 5.50. The van der Waals surface area contributed by atoms with Crippen molar-refractivity contribution >= 4 is 17.5 Å². The number of amides is 1. The summed E-state index contributed by atoms with van der Waals surface area (Å²) >= 11 is 5.87. The van der Waals surface area contributed by atoms with Crippen LogP contribution in [-0.4, -0.2) is 34.0 Å². The summed E-state index contributed by atoms with van der Waals surface area (Å²) in [4.78, 5) is 18.8. The van der Waals surface area contributed by atoms with Crippen LogP contribution in [0.25, 0.3) is 0 Å². The number of hydrogen-bond donors (Lipinski definition) is 0. The highest BCUT2D eigenvalue weighted by atomic mass is 35.5. The fourth-order valence-corrected chi connectivity index (χ4v) is 2.85. The number of hydrogen-bond acceptors (Lipinski definition) is 4. The van der Waals surface area contributed by atoms with Crippen molar-refractivity contribution in [1.82, 2.24) is 15.0 Å². The molecule has 0 bridgehead atoms. The first-order valence-electron chi connectivity index (χ1n) is 7.54. The third kappa shape index (κ3) is 3.14. The van der Waals surface area contributed by atoms with Crippen LogP contribution in [0.2, 0.25) is 5.02 Å². The molecule has 1 aromatic carbocycles. The molecule has 0 N–H and O–H groups in total. The summed E-state index contributed by atoms with van der Waals surface area (Å²) in [5.74, 6) is 1.54. The van der Waals surface area contributed by atoms with Gasteiger partial charge in [-0.25, -0.2) is 0 Å². The zero-order chi connectivity index (χ0) is 15.5. The fourth-order valence-electron chi connectivity index (χ4n) is 2.72. The van der Waals surface area contributed by atoms with Crippen molar-refractivity contribution in [2.75, 3.05) is 13.1 Å². The second kappa shape index (κ2) is 6.48. The molecular weight excluding hydrogens is 302 g/mol. The molecule has 0 radical (unpaired) electrons. The lowest BCUT2D eigenvalue weighted by Crippen LogP contribution is -2.39. The van der Waals surface area contributed by atoms with Crippen LogP contribution in [0.1, 0.15) is 47.8 Å². The smallest absolute Gasteiger partial charge is 0.253 e. The van der Waals surface area contributed by atoms with Crippen molar-refractivity contribution in [3.63, 3.8) is 0 Å². The molecule has 1 atom stereocenters. The SMILES string of the molecule is CCc1nc(C2CCCN(C(=O)c3ccc(Cl)cc3)C2)no1. The minimum atomic E-state index is 0.0283. The van der Waals surface area contributed by atoms with E-state index in [1.165, 1.54) is 0 Å². The Morgan fingerprint density at radius 3 is 2.86 bits per heavy atom. The minimum Gasteiger partial charge on any atom is -0.339 e. The number of benzene rings is 1. The molecular formula is C16H18ClN3O2. The summed E-state index contributed by atoms with van der Waals surface area (Å²) in [6.45, 7) is 3.37. The molecule has 1 fully saturated rings. The summed E-state index contributed by atoms with van der Waals surface area (Å²) in [7, 11) is 0. The largest absolute Gasteiger partial charge is 0.339 e. The Bertz CT molecular complexity index is 654. The molecule has 1 aromatic heterocycles. The molecule has 22 heavy (non-hydrogen) atoms. The summed E-state index contributed by atoms with van der Waals surface area (Å²) in [5.41, 5.74) is 0.660. The highest BCUT2D eigenvalue weighted by Gasteiger charge is 2.28. The quantitative estimate of drug-likeness (QED) is 0.871. The van der Waals surface area contributed by atoms with E-state index in [4.69, 9.17) is 16.1 Å². The van der Waals surface area contributed by atoms with Crippen molar-refractivity contribution in [3.8, 4) is 0 Å². The third-order valence-electron chi connectivity index (χ3n) is 3.95. The van der Waals surface area contributed by atoms with Crippen LogP contribution in [-0.2, 0) is 6.42 Å². The van der Waals surface area contributed by atoms with E-state index in [1.807, 2.05) is 11.8 Å². The molecule has 0 aliphatic carbocycles. The van der Waals surface area contributed by atoms with Crippen molar-refractivity contribution in [3.05, 3.63) is 46.6 Å². The number of carbonyl (C=O) groups excluding carboxylic acids is 1. The Morgan fingerprint density at radius 2 is 2.18 bits per heavy atom. The maximum Gasteiger partial charge on any atom is 0.253 e. The highest BCUT2D eigenvalue weighted by Crippen LogP contribution is 2.26. The lowest BCUT2D eigenvalue weighted by molar-refractivity contribution is 0.0703. The molecule has 5 nitrogen and oxygen atoms in total. The first-order chi connectivity index (χ1) is 10.7. The van der Waals surface area contributed by atoms with Crippen LogP contribution in [0, 0.1) is 0 Å². The monoisotopic (exact) mass is 319 g/mol. The highest BCUT2D eigenvalue weighted by molar-refractivity contribution is 6.30. The van der Waals surface area contributed by atoms with E-state index in [2.05, 4.69) is 10.1 Å². The van der Waals surface area contributed by atoms with Crippen molar-refractivity contribution in [2.45, 2.75) is 32.1 Å². The summed E-state index contributed by atoms with van der Waals surface area (Å²) in [6.07, 6.45) is 2.65. The van der Waals surface area contributed by atoms with Gasteiger partial charge in [-0.2, -0.15) is 4.98 Å². The molecule has 2 heterocycles. The van der Waals surface area contributed by atoms with Crippen LogP contribution in [0.5, 0.6) is 0 Å². The van der Waals surface area contributed by atoms with Crippen molar-refractivity contribution in [2.24, 2.45) is 0 Å².